The van der Waals surface area contributed by atoms with Gasteiger partial charge in [0.15, 0.2) is 0 Å². The Morgan fingerprint density at radius 3 is 2.59 bits per heavy atom. The van der Waals surface area contributed by atoms with E-state index in [1.807, 2.05) is 0 Å². The van der Waals surface area contributed by atoms with E-state index in [0.717, 1.165) is 31.6 Å². The largest absolute Gasteiger partial charge is 0.353 e. The van der Waals surface area contributed by atoms with Crippen LogP contribution in [0.25, 0.3) is 0 Å². The molecule has 2 aliphatic carbocycles. The third kappa shape index (κ3) is 2.65. The van der Waals surface area contributed by atoms with Crippen LogP contribution in [0.1, 0.15) is 46.0 Å². The lowest BCUT2D eigenvalue weighted by atomic mass is 9.93. The van der Waals surface area contributed by atoms with Gasteiger partial charge in [0.1, 0.15) is 0 Å². The molecule has 5 unspecified atom stereocenters. The predicted octanol–water partition coefficient (Wildman–Crippen LogP) is 1.91. The van der Waals surface area contributed by atoms with E-state index in [4.69, 9.17) is 5.73 Å². The molecule has 3 N–H and O–H groups in total. The molecule has 0 aromatic carbocycles. The lowest BCUT2D eigenvalue weighted by Gasteiger charge is -2.24. The third-order valence-corrected chi connectivity index (χ3v) is 5.09. The first-order chi connectivity index (χ1) is 8.13. The fraction of sp³-hybridized carbons (Fsp3) is 0.929. The molecule has 5 atom stereocenters. The van der Waals surface area contributed by atoms with E-state index in [0.29, 0.717) is 24.4 Å². The van der Waals surface area contributed by atoms with Gasteiger partial charge >= 0.3 is 0 Å². The summed E-state index contributed by atoms with van der Waals surface area (Å²) in [6, 6.07) is 0.400. The van der Waals surface area contributed by atoms with Crippen molar-refractivity contribution in [2.45, 2.75) is 52.0 Å². The molecule has 2 saturated carbocycles. The summed E-state index contributed by atoms with van der Waals surface area (Å²) in [4.78, 5) is 12.3. The fourth-order valence-corrected chi connectivity index (χ4v) is 3.52. The Morgan fingerprint density at radius 1 is 1.24 bits per heavy atom. The van der Waals surface area contributed by atoms with Crippen LogP contribution in [0.5, 0.6) is 0 Å². The number of hydrogen-bond donors (Lipinski definition) is 2. The minimum absolute atomic E-state index is 0.183. The Morgan fingerprint density at radius 2 is 2.00 bits per heavy atom. The highest BCUT2D eigenvalue weighted by Crippen LogP contribution is 2.34. The van der Waals surface area contributed by atoms with E-state index in [9.17, 15) is 4.79 Å². The second-order valence-electron chi connectivity index (χ2n) is 6.06. The summed E-state index contributed by atoms with van der Waals surface area (Å²) in [5, 5.41) is 3.27. The number of carbonyl (C=O) groups is 1. The van der Waals surface area contributed by atoms with Crippen molar-refractivity contribution in [2.24, 2.45) is 29.4 Å². The lowest BCUT2D eigenvalue weighted by molar-refractivity contribution is -0.126. The van der Waals surface area contributed by atoms with Crippen LogP contribution in [0, 0.1) is 23.7 Å². The van der Waals surface area contributed by atoms with Crippen LogP contribution in [0.2, 0.25) is 0 Å². The van der Waals surface area contributed by atoms with Gasteiger partial charge in [0.2, 0.25) is 5.91 Å². The lowest BCUT2D eigenvalue weighted by Crippen LogP contribution is -2.42. The van der Waals surface area contributed by atoms with Crippen molar-refractivity contribution in [3.05, 3.63) is 0 Å². The van der Waals surface area contributed by atoms with Gasteiger partial charge in [-0.1, -0.05) is 20.3 Å². The number of nitrogens with two attached hydrogens (primary N) is 1. The molecule has 98 valence electrons. The zero-order chi connectivity index (χ0) is 12.4. The first-order valence-corrected chi connectivity index (χ1v) is 7.14. The second kappa shape index (κ2) is 5.38. The van der Waals surface area contributed by atoms with Crippen LogP contribution < -0.4 is 11.1 Å². The predicted molar refractivity (Wildman–Crippen MR) is 69.4 cm³/mol. The minimum Gasteiger partial charge on any atom is -0.353 e. The number of hydrogen-bond acceptors (Lipinski definition) is 2. The summed E-state index contributed by atoms with van der Waals surface area (Å²) in [6.45, 7) is 5.21. The summed E-state index contributed by atoms with van der Waals surface area (Å²) in [7, 11) is 0. The molecule has 0 saturated heterocycles. The van der Waals surface area contributed by atoms with E-state index >= 15 is 0 Å². The number of nitrogens with one attached hydrogen (secondary N) is 1. The maximum Gasteiger partial charge on any atom is 0.223 e. The molecule has 3 heteroatoms. The second-order valence-corrected chi connectivity index (χ2v) is 6.06. The minimum atomic E-state index is 0.183. The Bertz CT molecular complexity index is 279. The first-order valence-electron chi connectivity index (χ1n) is 7.14. The molecule has 2 rings (SSSR count). The summed E-state index contributed by atoms with van der Waals surface area (Å²) < 4.78 is 0. The highest BCUT2D eigenvalue weighted by Gasteiger charge is 2.36. The Kier molecular flexibility index (Phi) is 4.08. The van der Waals surface area contributed by atoms with Crippen molar-refractivity contribution in [2.75, 3.05) is 6.54 Å². The molecule has 2 fully saturated rings. The molecule has 0 spiro atoms. The van der Waals surface area contributed by atoms with E-state index in [1.54, 1.807) is 0 Å². The van der Waals surface area contributed by atoms with Crippen molar-refractivity contribution in [3.8, 4) is 0 Å². The van der Waals surface area contributed by atoms with Gasteiger partial charge in [-0.2, -0.15) is 0 Å². The fourth-order valence-electron chi connectivity index (χ4n) is 3.52. The quantitative estimate of drug-likeness (QED) is 0.789. The van der Waals surface area contributed by atoms with E-state index in [2.05, 4.69) is 19.2 Å². The molecule has 17 heavy (non-hydrogen) atoms. The number of carbonyl (C=O) groups excluding carboxylic acids is 1. The van der Waals surface area contributed by atoms with Crippen molar-refractivity contribution in [3.63, 3.8) is 0 Å². The van der Waals surface area contributed by atoms with Gasteiger partial charge in [-0.25, -0.2) is 0 Å². The molecule has 0 bridgehead atoms. The number of amides is 1. The van der Waals surface area contributed by atoms with Crippen LogP contribution >= 0.6 is 0 Å². The van der Waals surface area contributed by atoms with Crippen molar-refractivity contribution in [1.82, 2.24) is 5.32 Å². The van der Waals surface area contributed by atoms with Gasteiger partial charge in [0.25, 0.3) is 0 Å². The van der Waals surface area contributed by atoms with Crippen LogP contribution in [0.3, 0.4) is 0 Å². The molecule has 0 aromatic heterocycles. The van der Waals surface area contributed by atoms with Crippen molar-refractivity contribution >= 4 is 5.91 Å². The van der Waals surface area contributed by atoms with Gasteiger partial charge in [0.05, 0.1) is 0 Å². The van der Waals surface area contributed by atoms with Crippen molar-refractivity contribution < 1.29 is 4.79 Å². The van der Waals surface area contributed by atoms with Crippen molar-refractivity contribution in [1.29, 1.82) is 0 Å². The topological polar surface area (TPSA) is 55.1 Å². The molecule has 0 heterocycles. The Labute approximate surface area is 105 Å². The highest BCUT2D eigenvalue weighted by molar-refractivity contribution is 5.79. The van der Waals surface area contributed by atoms with E-state index in [-0.39, 0.29) is 11.8 Å². The van der Waals surface area contributed by atoms with E-state index in [1.165, 1.54) is 6.42 Å². The van der Waals surface area contributed by atoms with Gasteiger partial charge in [0, 0.05) is 12.0 Å². The molecular formula is C14H26N2O. The summed E-state index contributed by atoms with van der Waals surface area (Å²) in [5.41, 5.74) is 5.74. The number of rotatable bonds is 3. The van der Waals surface area contributed by atoms with Crippen LogP contribution in [0.15, 0.2) is 0 Å². The van der Waals surface area contributed by atoms with E-state index < -0.39 is 0 Å². The smallest absolute Gasteiger partial charge is 0.223 e. The van der Waals surface area contributed by atoms with Gasteiger partial charge in [-0.05, 0) is 50.0 Å². The van der Waals surface area contributed by atoms with Gasteiger partial charge < -0.3 is 11.1 Å². The van der Waals surface area contributed by atoms with Crippen LogP contribution in [0.4, 0.5) is 0 Å². The molecule has 0 aromatic rings. The first kappa shape index (κ1) is 12.9. The van der Waals surface area contributed by atoms with Crippen LogP contribution in [-0.4, -0.2) is 18.5 Å². The SMILES string of the molecule is CC1CCC(NC(=O)C2CCCC2CN)C1C. The summed E-state index contributed by atoms with van der Waals surface area (Å²) in [6.07, 6.45) is 5.72. The molecule has 0 aliphatic heterocycles. The van der Waals surface area contributed by atoms with Gasteiger partial charge in [-0.15, -0.1) is 0 Å². The zero-order valence-corrected chi connectivity index (χ0v) is 11.1. The highest BCUT2D eigenvalue weighted by atomic mass is 16.2. The average Bonchev–Trinajstić information content (AvgIpc) is 2.90. The zero-order valence-electron chi connectivity index (χ0n) is 11.1. The van der Waals surface area contributed by atoms with Crippen LogP contribution in [-0.2, 0) is 4.79 Å². The third-order valence-electron chi connectivity index (χ3n) is 5.09. The molecule has 3 nitrogen and oxygen atoms in total. The maximum absolute atomic E-state index is 12.3. The average molecular weight is 238 g/mol. The Balaban J connectivity index is 1.88. The van der Waals surface area contributed by atoms with Gasteiger partial charge in [-0.3, -0.25) is 4.79 Å². The summed E-state index contributed by atoms with van der Waals surface area (Å²) >= 11 is 0. The monoisotopic (exact) mass is 238 g/mol. The normalized spacial score (nSPS) is 41.7. The maximum atomic E-state index is 12.3. The standard InChI is InChI=1S/C14H26N2O/c1-9-6-7-13(10(9)2)16-14(17)12-5-3-4-11(12)8-15/h9-13H,3-8,15H2,1-2H3,(H,16,17). The summed E-state index contributed by atoms with van der Waals surface area (Å²) in [5.74, 6) is 2.24. The Hall–Kier alpha value is -0.570. The molecular weight excluding hydrogens is 212 g/mol. The molecule has 0 radical (unpaired) electrons. The molecule has 1 amide bonds. The molecule has 2 aliphatic rings.